The number of nitrogens with zero attached hydrogens (tertiary/aromatic N) is 1. The summed E-state index contributed by atoms with van der Waals surface area (Å²) in [5.74, 6) is -0.131. The van der Waals surface area contributed by atoms with Crippen LogP contribution in [0.25, 0.3) is 0 Å². The van der Waals surface area contributed by atoms with Crippen molar-refractivity contribution in [1.82, 2.24) is 5.32 Å². The molecule has 1 aliphatic carbocycles. The molecule has 1 fully saturated rings. The van der Waals surface area contributed by atoms with Gasteiger partial charge in [-0.1, -0.05) is 55.1 Å². The number of carbonyl (C=O) groups excluding carboxylic acids is 3. The minimum Gasteiger partial charge on any atom is -0.457 e. The number of nitrogens with one attached hydrogen (secondary N) is 2. The summed E-state index contributed by atoms with van der Waals surface area (Å²) >= 11 is 6.29. The highest BCUT2D eigenvalue weighted by atomic mass is 35.5. The molecule has 1 aliphatic heterocycles. The lowest BCUT2D eigenvalue weighted by Crippen LogP contribution is -2.36. The van der Waals surface area contributed by atoms with Crippen LogP contribution in [0, 0.1) is 0 Å². The third kappa shape index (κ3) is 5.52. The van der Waals surface area contributed by atoms with Gasteiger partial charge >= 0.3 is 0 Å². The Morgan fingerprint density at radius 2 is 1.54 bits per heavy atom. The first-order valence-corrected chi connectivity index (χ1v) is 12.7. The number of rotatable bonds is 7. The Hall–Kier alpha value is -4.10. The Kier molecular flexibility index (Phi) is 7.23. The fraction of sp³-hybridized carbons (Fsp3) is 0.207. The number of ether oxygens (including phenoxy) is 1. The number of halogens is 1. The van der Waals surface area contributed by atoms with E-state index in [1.807, 2.05) is 30.3 Å². The topological polar surface area (TPSA) is 87.7 Å². The van der Waals surface area contributed by atoms with Crippen molar-refractivity contribution in [2.45, 2.75) is 38.1 Å². The molecular formula is C29H26ClN3O4. The lowest BCUT2D eigenvalue weighted by atomic mass is 9.95. The molecule has 8 heteroatoms. The number of amides is 3. The quantitative estimate of drug-likeness (QED) is 0.378. The maximum Gasteiger partial charge on any atom is 0.283 e. The molecule has 0 bridgehead atoms. The number of anilines is 2. The number of carbonyl (C=O) groups is 3. The average Bonchev–Trinajstić information content (AvgIpc) is 3.13. The van der Waals surface area contributed by atoms with E-state index in [9.17, 15) is 14.4 Å². The lowest BCUT2D eigenvalue weighted by molar-refractivity contribution is -0.120. The van der Waals surface area contributed by atoms with Crippen LogP contribution in [0.2, 0.25) is 0 Å². The molecule has 1 saturated carbocycles. The van der Waals surface area contributed by atoms with Gasteiger partial charge in [0.25, 0.3) is 17.7 Å². The first-order valence-electron chi connectivity index (χ1n) is 12.3. The van der Waals surface area contributed by atoms with E-state index in [2.05, 4.69) is 10.6 Å². The normalized spacial score (nSPS) is 16.2. The van der Waals surface area contributed by atoms with Gasteiger partial charge in [-0.3, -0.25) is 14.4 Å². The molecule has 2 N–H and O–H groups in total. The van der Waals surface area contributed by atoms with Crippen LogP contribution in [0.4, 0.5) is 11.4 Å². The fourth-order valence-electron chi connectivity index (χ4n) is 4.53. The van der Waals surface area contributed by atoms with Crippen LogP contribution in [0.15, 0.2) is 89.6 Å². The molecule has 3 aromatic rings. The van der Waals surface area contributed by atoms with E-state index >= 15 is 0 Å². The molecule has 0 unspecified atom stereocenters. The Bertz CT molecular complexity index is 1350. The minimum atomic E-state index is -0.628. The molecule has 188 valence electrons. The van der Waals surface area contributed by atoms with E-state index in [-0.39, 0.29) is 22.7 Å². The van der Waals surface area contributed by atoms with Gasteiger partial charge < -0.3 is 15.4 Å². The van der Waals surface area contributed by atoms with Crippen molar-refractivity contribution in [3.63, 3.8) is 0 Å². The SMILES string of the molecule is O=C(NC1CCCCC1)c1cccc(NC2=C(Cl)C(=O)N(c3ccc(Oc4ccccc4)cc3)C2=O)c1. The molecule has 2 aliphatic rings. The largest absolute Gasteiger partial charge is 0.457 e. The van der Waals surface area contributed by atoms with Crippen LogP contribution in [0.1, 0.15) is 42.5 Å². The van der Waals surface area contributed by atoms with Gasteiger partial charge in [0.05, 0.1) is 5.69 Å². The first-order chi connectivity index (χ1) is 18.0. The number of benzene rings is 3. The van der Waals surface area contributed by atoms with Gasteiger partial charge in [0.1, 0.15) is 22.2 Å². The number of para-hydroxylation sites is 1. The molecule has 1 heterocycles. The summed E-state index contributed by atoms with van der Waals surface area (Å²) in [5.41, 5.74) is 1.28. The maximum absolute atomic E-state index is 13.2. The van der Waals surface area contributed by atoms with E-state index in [0.29, 0.717) is 28.4 Å². The molecule has 0 radical (unpaired) electrons. The summed E-state index contributed by atoms with van der Waals surface area (Å²) in [7, 11) is 0. The number of imide groups is 1. The van der Waals surface area contributed by atoms with Crippen molar-refractivity contribution in [1.29, 1.82) is 0 Å². The zero-order valence-corrected chi connectivity index (χ0v) is 20.8. The van der Waals surface area contributed by atoms with E-state index in [4.69, 9.17) is 16.3 Å². The summed E-state index contributed by atoms with van der Waals surface area (Å²) in [6.45, 7) is 0. The first kappa shape index (κ1) is 24.6. The molecule has 3 amide bonds. The molecule has 37 heavy (non-hydrogen) atoms. The van der Waals surface area contributed by atoms with Gasteiger partial charge in [-0.05, 0) is 67.4 Å². The maximum atomic E-state index is 13.2. The van der Waals surface area contributed by atoms with E-state index in [1.165, 1.54) is 6.42 Å². The van der Waals surface area contributed by atoms with Crippen LogP contribution < -0.4 is 20.3 Å². The zero-order chi connectivity index (χ0) is 25.8. The Morgan fingerprint density at radius 1 is 0.838 bits per heavy atom. The monoisotopic (exact) mass is 515 g/mol. The minimum absolute atomic E-state index is 0.0406. The Labute approximate surface area is 220 Å². The molecule has 7 nitrogen and oxygen atoms in total. The van der Waals surface area contributed by atoms with Crippen LogP contribution in [-0.4, -0.2) is 23.8 Å². The van der Waals surface area contributed by atoms with E-state index < -0.39 is 11.8 Å². The smallest absolute Gasteiger partial charge is 0.283 e. The van der Waals surface area contributed by atoms with Crippen molar-refractivity contribution in [2.75, 3.05) is 10.2 Å². The van der Waals surface area contributed by atoms with Gasteiger partial charge in [0, 0.05) is 17.3 Å². The number of hydrogen-bond acceptors (Lipinski definition) is 5. The highest BCUT2D eigenvalue weighted by Gasteiger charge is 2.39. The van der Waals surface area contributed by atoms with E-state index in [0.717, 1.165) is 30.6 Å². The molecule has 0 saturated heterocycles. The second-order valence-electron chi connectivity index (χ2n) is 9.06. The summed E-state index contributed by atoms with van der Waals surface area (Å²) in [6, 6.07) is 22.9. The summed E-state index contributed by atoms with van der Waals surface area (Å²) in [4.78, 5) is 39.8. The van der Waals surface area contributed by atoms with Gasteiger partial charge in [-0.15, -0.1) is 0 Å². The second kappa shape index (κ2) is 10.9. The van der Waals surface area contributed by atoms with Gasteiger partial charge in [0.15, 0.2) is 0 Å². The van der Waals surface area contributed by atoms with Crippen LogP contribution in [0.3, 0.4) is 0 Å². The summed E-state index contributed by atoms with van der Waals surface area (Å²) < 4.78 is 5.78. The highest BCUT2D eigenvalue weighted by molar-refractivity contribution is 6.53. The molecule has 0 spiro atoms. The Balaban J connectivity index is 1.27. The van der Waals surface area contributed by atoms with Crippen molar-refractivity contribution in [3.8, 4) is 11.5 Å². The average molecular weight is 516 g/mol. The summed E-state index contributed by atoms with van der Waals surface area (Å²) in [6.07, 6.45) is 5.41. The van der Waals surface area contributed by atoms with Crippen LogP contribution >= 0.6 is 11.6 Å². The fourth-order valence-corrected chi connectivity index (χ4v) is 4.74. The third-order valence-corrected chi connectivity index (χ3v) is 6.79. The summed E-state index contributed by atoms with van der Waals surface area (Å²) in [5, 5.41) is 5.81. The van der Waals surface area contributed by atoms with Gasteiger partial charge in [-0.2, -0.15) is 0 Å². The lowest BCUT2D eigenvalue weighted by Gasteiger charge is -2.22. The predicted molar refractivity (Wildman–Crippen MR) is 143 cm³/mol. The Morgan fingerprint density at radius 3 is 2.27 bits per heavy atom. The van der Waals surface area contributed by atoms with Crippen molar-refractivity contribution < 1.29 is 19.1 Å². The predicted octanol–water partition coefficient (Wildman–Crippen LogP) is 5.98. The zero-order valence-electron chi connectivity index (χ0n) is 20.1. The highest BCUT2D eigenvalue weighted by Crippen LogP contribution is 2.32. The van der Waals surface area contributed by atoms with Crippen molar-refractivity contribution >= 4 is 40.7 Å². The van der Waals surface area contributed by atoms with E-state index in [1.54, 1.807) is 48.5 Å². The molecular weight excluding hydrogens is 490 g/mol. The molecule has 5 rings (SSSR count). The van der Waals surface area contributed by atoms with Gasteiger partial charge in [0.2, 0.25) is 0 Å². The third-order valence-electron chi connectivity index (χ3n) is 6.44. The van der Waals surface area contributed by atoms with Gasteiger partial charge in [-0.25, -0.2) is 4.90 Å². The molecule has 0 atom stereocenters. The van der Waals surface area contributed by atoms with Crippen LogP contribution in [0.5, 0.6) is 11.5 Å². The van der Waals surface area contributed by atoms with Crippen molar-refractivity contribution in [2.24, 2.45) is 0 Å². The molecule has 3 aromatic carbocycles. The molecule has 0 aromatic heterocycles. The number of hydrogen-bond donors (Lipinski definition) is 2. The standard InChI is InChI=1S/C29H26ClN3O4/c30-25-26(31-21-11-7-8-19(18-21)27(34)32-20-9-3-1-4-10-20)29(36)33(28(25)35)22-14-16-24(17-15-22)37-23-12-5-2-6-13-23/h2,5-8,11-18,20,31H,1,3-4,9-10H2,(H,32,34). The second-order valence-corrected chi connectivity index (χ2v) is 9.44. The van der Waals surface area contributed by atoms with Crippen molar-refractivity contribution in [3.05, 3.63) is 95.2 Å². The van der Waals surface area contributed by atoms with Crippen LogP contribution in [-0.2, 0) is 9.59 Å².